The number of phenolic OH excluding ortho intramolecular Hbond substituents is 2. The first-order valence-corrected chi connectivity index (χ1v) is 11.3. The molecule has 1 aromatic heterocycles. The van der Waals surface area contributed by atoms with E-state index in [1.165, 1.54) is 12.1 Å². The molecule has 0 aliphatic carbocycles. The number of aromatic amines is 1. The molecule has 0 aliphatic rings. The van der Waals surface area contributed by atoms with Crippen LogP contribution in [0.3, 0.4) is 0 Å². The van der Waals surface area contributed by atoms with Crippen molar-refractivity contribution in [3.05, 3.63) is 59.7 Å². The van der Waals surface area contributed by atoms with Crippen LogP contribution in [-0.2, 0) is 21.2 Å². The smallest absolute Gasteiger partial charge is 0.238 e. The Morgan fingerprint density at radius 3 is 2.35 bits per heavy atom. The van der Waals surface area contributed by atoms with Gasteiger partial charge in [0.15, 0.2) is 0 Å². The number of amidine groups is 1. The van der Waals surface area contributed by atoms with Gasteiger partial charge in [-0.25, -0.2) is 18.5 Å². The second-order valence-electron chi connectivity index (χ2n) is 7.64. The zero-order chi connectivity index (χ0) is 24.8. The zero-order valence-corrected chi connectivity index (χ0v) is 18.3. The predicted octanol–water partition coefficient (Wildman–Crippen LogP) is 1.27. The lowest BCUT2D eigenvalue weighted by Gasteiger charge is -2.14. The average molecular weight is 481 g/mol. The number of nitrogen functional groups attached to an aromatic ring is 1. The predicted molar refractivity (Wildman–Crippen MR) is 126 cm³/mol. The van der Waals surface area contributed by atoms with Gasteiger partial charge in [0.2, 0.25) is 15.9 Å². The fraction of sp³-hybridized carbons (Fsp3) is 0.0455. The second-order valence-corrected chi connectivity index (χ2v) is 9.20. The molecule has 4 rings (SSSR count). The van der Waals surface area contributed by atoms with Gasteiger partial charge in [0, 0.05) is 16.7 Å². The molecule has 0 saturated carbocycles. The molecule has 11 nitrogen and oxygen atoms in total. The summed E-state index contributed by atoms with van der Waals surface area (Å²) in [7, 11) is -4.10. The summed E-state index contributed by atoms with van der Waals surface area (Å²) in [6, 6.07) is 11.2. The Hall–Kier alpha value is -4.42. The Kier molecular flexibility index (Phi) is 5.47. The summed E-state index contributed by atoms with van der Waals surface area (Å²) in [5.41, 5.74) is 13.0. The highest BCUT2D eigenvalue weighted by Crippen LogP contribution is 2.42. The number of hydrogen-bond donors (Lipinski definition) is 7. The van der Waals surface area contributed by atoms with E-state index in [9.17, 15) is 23.4 Å². The lowest BCUT2D eigenvalue weighted by atomic mass is 9.96. The molecule has 1 amide bonds. The minimum absolute atomic E-state index is 0.0217. The number of rotatable bonds is 6. The molecule has 0 radical (unpaired) electrons. The van der Waals surface area contributed by atoms with Crippen LogP contribution < -0.4 is 16.6 Å². The number of fused-ring (bicyclic) bond motifs is 1. The Morgan fingerprint density at radius 1 is 1.00 bits per heavy atom. The fourth-order valence-corrected chi connectivity index (χ4v) is 4.13. The number of amides is 1. The molecule has 0 bridgehead atoms. The van der Waals surface area contributed by atoms with Crippen molar-refractivity contribution in [3.63, 3.8) is 0 Å². The molecule has 4 aromatic rings. The summed E-state index contributed by atoms with van der Waals surface area (Å²) >= 11 is 0. The summed E-state index contributed by atoms with van der Waals surface area (Å²) < 4.78 is 23.6. The van der Waals surface area contributed by atoms with Gasteiger partial charge in [0.05, 0.1) is 27.9 Å². The van der Waals surface area contributed by atoms with Crippen LogP contribution in [0.4, 0.5) is 0 Å². The van der Waals surface area contributed by atoms with E-state index >= 15 is 0 Å². The highest BCUT2D eigenvalue weighted by atomic mass is 32.2. The highest BCUT2D eigenvalue weighted by molar-refractivity contribution is 7.89. The van der Waals surface area contributed by atoms with E-state index < -0.39 is 15.9 Å². The number of primary sulfonamides is 1. The maximum Gasteiger partial charge on any atom is 0.238 e. The van der Waals surface area contributed by atoms with Crippen LogP contribution in [0.15, 0.2) is 53.4 Å². The fourth-order valence-electron chi connectivity index (χ4n) is 3.59. The molecular weight excluding hydrogens is 460 g/mol. The number of benzene rings is 3. The maximum absolute atomic E-state index is 11.8. The largest absolute Gasteiger partial charge is 0.507 e. The van der Waals surface area contributed by atoms with Crippen molar-refractivity contribution >= 4 is 32.8 Å². The van der Waals surface area contributed by atoms with Crippen molar-refractivity contribution < 1.29 is 23.4 Å². The summed E-state index contributed by atoms with van der Waals surface area (Å²) in [6.45, 7) is 0. The number of nitrogens with one attached hydrogen (secondary N) is 2. The first kappa shape index (κ1) is 22.8. The first-order valence-electron chi connectivity index (χ1n) is 9.79. The topological polar surface area (TPSA) is 222 Å². The molecule has 3 aromatic carbocycles. The van der Waals surface area contributed by atoms with Crippen molar-refractivity contribution in [3.8, 4) is 34.0 Å². The molecular formula is C22H20N6O5S. The van der Waals surface area contributed by atoms with Gasteiger partial charge < -0.3 is 26.7 Å². The van der Waals surface area contributed by atoms with Gasteiger partial charge >= 0.3 is 0 Å². The SMILES string of the molecule is N=C(N)c1ccc2[nH]c(-c3cc(CC(N)=O)cc(-c4cc(S(N)(=O)=O)ccc4O)c3O)nc2c1. The van der Waals surface area contributed by atoms with Crippen LogP contribution in [0.25, 0.3) is 33.5 Å². The summed E-state index contributed by atoms with van der Waals surface area (Å²) in [5.74, 6) is -1.20. The molecule has 0 fully saturated rings. The number of imidazole rings is 1. The minimum atomic E-state index is -4.10. The van der Waals surface area contributed by atoms with Crippen LogP contribution in [0.1, 0.15) is 11.1 Å². The molecule has 174 valence electrons. The number of carbonyl (C=O) groups excluding carboxylic acids is 1. The highest BCUT2D eigenvalue weighted by Gasteiger charge is 2.21. The lowest BCUT2D eigenvalue weighted by Crippen LogP contribution is -2.14. The van der Waals surface area contributed by atoms with Gasteiger partial charge in [-0.1, -0.05) is 0 Å². The molecule has 0 spiro atoms. The standard InChI is InChI=1S/C22H20N6O5S/c23-19(30)7-10-5-14(13-9-12(34(26,32)33)2-4-18(13)29)20(31)15(6-10)22-27-16-3-1-11(21(24)25)8-17(16)28-22/h1-6,8-9,29,31H,7H2,(H2,23,30)(H3,24,25)(H,27,28)(H2,26,32,33). The molecule has 0 saturated heterocycles. The first-order chi connectivity index (χ1) is 15.9. The summed E-state index contributed by atoms with van der Waals surface area (Å²) in [4.78, 5) is 18.8. The molecule has 0 atom stereocenters. The Bertz CT molecular complexity index is 1590. The van der Waals surface area contributed by atoms with Crippen molar-refractivity contribution in [1.82, 2.24) is 9.97 Å². The number of aromatic hydroxyl groups is 2. The number of nitrogens with zero attached hydrogens (tertiary/aromatic N) is 1. The van der Waals surface area contributed by atoms with Gasteiger partial charge in [-0.3, -0.25) is 10.2 Å². The monoisotopic (exact) mass is 480 g/mol. The van der Waals surface area contributed by atoms with Crippen molar-refractivity contribution in [2.75, 3.05) is 0 Å². The molecule has 0 unspecified atom stereocenters. The van der Waals surface area contributed by atoms with Crippen molar-refractivity contribution in [2.45, 2.75) is 11.3 Å². The average Bonchev–Trinajstić information content (AvgIpc) is 3.17. The van der Waals surface area contributed by atoms with E-state index in [4.69, 9.17) is 22.0 Å². The third-order valence-electron chi connectivity index (χ3n) is 5.18. The van der Waals surface area contributed by atoms with E-state index in [2.05, 4.69) is 9.97 Å². The Balaban J connectivity index is 1.97. The van der Waals surface area contributed by atoms with Crippen LogP contribution in [0.5, 0.6) is 11.5 Å². The summed E-state index contributed by atoms with van der Waals surface area (Å²) in [6.07, 6.45) is -0.190. The van der Waals surface area contributed by atoms with Crippen LogP contribution in [0.2, 0.25) is 0 Å². The van der Waals surface area contributed by atoms with Crippen molar-refractivity contribution in [2.24, 2.45) is 16.6 Å². The van der Waals surface area contributed by atoms with Crippen LogP contribution in [0, 0.1) is 5.41 Å². The normalized spacial score (nSPS) is 11.6. The quantitative estimate of drug-likeness (QED) is 0.158. The third kappa shape index (κ3) is 4.27. The minimum Gasteiger partial charge on any atom is -0.507 e. The lowest BCUT2D eigenvalue weighted by molar-refractivity contribution is -0.117. The number of primary amides is 1. The van der Waals surface area contributed by atoms with Gasteiger partial charge in [0.25, 0.3) is 0 Å². The van der Waals surface area contributed by atoms with Gasteiger partial charge in [-0.05, 0) is 54.1 Å². The number of nitrogens with two attached hydrogens (primary N) is 3. The van der Waals surface area contributed by atoms with E-state index in [0.717, 1.165) is 18.2 Å². The third-order valence-corrected chi connectivity index (χ3v) is 6.09. The zero-order valence-electron chi connectivity index (χ0n) is 17.5. The van der Waals surface area contributed by atoms with E-state index in [-0.39, 0.29) is 51.2 Å². The number of carbonyl (C=O) groups is 1. The number of phenols is 2. The van der Waals surface area contributed by atoms with Crippen LogP contribution in [-0.4, -0.2) is 40.3 Å². The number of hydrogen-bond acceptors (Lipinski definition) is 7. The molecule has 10 N–H and O–H groups in total. The van der Waals surface area contributed by atoms with Crippen LogP contribution >= 0.6 is 0 Å². The van der Waals surface area contributed by atoms with E-state index in [1.54, 1.807) is 18.2 Å². The van der Waals surface area contributed by atoms with Crippen molar-refractivity contribution in [1.29, 1.82) is 5.41 Å². The summed E-state index contributed by atoms with van der Waals surface area (Å²) in [5, 5.41) is 34.3. The Labute approximate surface area is 193 Å². The molecule has 34 heavy (non-hydrogen) atoms. The molecule has 0 aliphatic heterocycles. The number of sulfonamides is 1. The number of aromatic nitrogens is 2. The van der Waals surface area contributed by atoms with E-state index in [0.29, 0.717) is 22.2 Å². The molecule has 1 heterocycles. The van der Waals surface area contributed by atoms with Gasteiger partial charge in [-0.2, -0.15) is 0 Å². The van der Waals surface area contributed by atoms with E-state index in [1.807, 2.05) is 0 Å². The number of H-pyrrole nitrogens is 1. The van der Waals surface area contributed by atoms with Gasteiger partial charge in [0.1, 0.15) is 23.2 Å². The molecule has 12 heteroatoms. The second kappa shape index (κ2) is 8.17. The van der Waals surface area contributed by atoms with Gasteiger partial charge in [-0.15, -0.1) is 0 Å². The maximum atomic E-state index is 11.8. The Morgan fingerprint density at radius 2 is 1.71 bits per heavy atom.